The third kappa shape index (κ3) is 3.44. The Balaban J connectivity index is 1.86. The monoisotopic (exact) mass is 320 g/mol. The van der Waals surface area contributed by atoms with Crippen molar-refractivity contribution in [2.75, 3.05) is 29.1 Å². The van der Waals surface area contributed by atoms with Crippen LogP contribution in [-0.2, 0) is 0 Å². The predicted molar refractivity (Wildman–Crippen MR) is 90.8 cm³/mol. The Bertz CT molecular complexity index is 657. The third-order valence-electron chi connectivity index (χ3n) is 3.34. The molecule has 2 aromatic rings. The Kier molecular flexibility index (Phi) is 4.55. The van der Waals surface area contributed by atoms with Crippen LogP contribution < -0.4 is 5.32 Å². The van der Waals surface area contributed by atoms with E-state index in [1.165, 1.54) is 11.5 Å². The highest BCUT2D eigenvalue weighted by atomic mass is 32.2. The van der Waals surface area contributed by atoms with Crippen molar-refractivity contribution in [2.24, 2.45) is 0 Å². The highest BCUT2D eigenvalue weighted by molar-refractivity contribution is 8.06. The molecule has 1 aliphatic heterocycles. The lowest BCUT2D eigenvalue weighted by atomic mass is 10.1. The van der Waals surface area contributed by atoms with Crippen LogP contribution in [0.1, 0.15) is 10.5 Å². The molecule has 0 radical (unpaired) electrons. The molecule has 1 aromatic carbocycles. The predicted octanol–water partition coefficient (Wildman–Crippen LogP) is 3.19. The van der Waals surface area contributed by atoms with Crippen LogP contribution in [-0.4, -0.2) is 45.1 Å². The van der Waals surface area contributed by atoms with E-state index in [0.717, 1.165) is 23.1 Å². The maximum Gasteiger partial charge on any atom is 0.354 e. The molecule has 110 valence electrons. The average molecular weight is 320 g/mol. The molecular weight excluding hydrogens is 304 g/mol. The molecule has 6 heteroatoms. The summed E-state index contributed by atoms with van der Waals surface area (Å²) in [5, 5.41) is 15.0. The van der Waals surface area contributed by atoms with Crippen molar-refractivity contribution < 1.29 is 9.90 Å². The number of carboxylic acids is 1. The summed E-state index contributed by atoms with van der Waals surface area (Å²) in [5.74, 6) is 3.21. The molecule has 3 rings (SSSR count). The van der Waals surface area contributed by atoms with Crippen LogP contribution >= 0.6 is 23.5 Å². The lowest BCUT2D eigenvalue weighted by Gasteiger charge is -2.21. The number of carbonyl (C=O) groups is 1. The Morgan fingerprint density at radius 3 is 3.00 bits per heavy atom. The number of benzene rings is 1. The Morgan fingerprint density at radius 1 is 1.38 bits per heavy atom. The summed E-state index contributed by atoms with van der Waals surface area (Å²) in [7, 11) is 0. The van der Waals surface area contributed by atoms with Gasteiger partial charge in [0.2, 0.25) is 0 Å². The van der Waals surface area contributed by atoms with Crippen LogP contribution in [0.4, 0.5) is 5.82 Å². The van der Waals surface area contributed by atoms with Crippen molar-refractivity contribution in [3.8, 4) is 0 Å². The van der Waals surface area contributed by atoms with Crippen molar-refractivity contribution in [2.45, 2.75) is 5.25 Å². The molecule has 0 spiro atoms. The number of thioether (sulfide) groups is 2. The normalized spacial score (nSPS) is 18.6. The molecule has 1 atom stereocenters. The van der Waals surface area contributed by atoms with Gasteiger partial charge in [0.05, 0.1) is 0 Å². The zero-order valence-electron chi connectivity index (χ0n) is 11.4. The van der Waals surface area contributed by atoms with E-state index in [9.17, 15) is 9.90 Å². The minimum absolute atomic E-state index is 0.0851. The van der Waals surface area contributed by atoms with E-state index in [4.69, 9.17) is 0 Å². The van der Waals surface area contributed by atoms with Crippen molar-refractivity contribution >= 4 is 46.1 Å². The van der Waals surface area contributed by atoms with Gasteiger partial charge in [-0.1, -0.05) is 24.3 Å². The molecule has 4 nitrogen and oxygen atoms in total. The summed E-state index contributed by atoms with van der Waals surface area (Å²) in [6, 6.07) is 9.36. The largest absolute Gasteiger partial charge is 0.477 e. The lowest BCUT2D eigenvalue weighted by Crippen LogP contribution is -2.23. The number of nitrogens with zero attached hydrogens (tertiary/aromatic N) is 1. The van der Waals surface area contributed by atoms with Gasteiger partial charge in [0.15, 0.2) is 5.69 Å². The van der Waals surface area contributed by atoms with Crippen LogP contribution in [0.25, 0.3) is 10.8 Å². The Hall–Kier alpha value is -1.40. The van der Waals surface area contributed by atoms with E-state index in [1.54, 1.807) is 6.07 Å². The van der Waals surface area contributed by atoms with E-state index in [2.05, 4.69) is 10.3 Å². The number of hydrogen-bond acceptors (Lipinski definition) is 5. The van der Waals surface area contributed by atoms with Crippen LogP contribution in [0.15, 0.2) is 30.3 Å². The van der Waals surface area contributed by atoms with Crippen LogP contribution in [0.3, 0.4) is 0 Å². The molecule has 0 aliphatic carbocycles. The number of hydrogen-bond donors (Lipinski definition) is 2. The fraction of sp³-hybridized carbons (Fsp3) is 0.333. The number of carboxylic acid groups (broad SMARTS) is 1. The van der Waals surface area contributed by atoms with Gasteiger partial charge in [-0.2, -0.15) is 23.5 Å². The van der Waals surface area contributed by atoms with Crippen LogP contribution in [0.5, 0.6) is 0 Å². The van der Waals surface area contributed by atoms with E-state index < -0.39 is 5.97 Å². The fourth-order valence-corrected chi connectivity index (χ4v) is 4.92. The Morgan fingerprint density at radius 2 is 2.24 bits per heavy atom. The van der Waals surface area contributed by atoms with Crippen molar-refractivity contribution in [1.29, 1.82) is 0 Å². The molecule has 1 saturated heterocycles. The standard InChI is InChI=1S/C15H16N2O2S2/c18-15(19)13-7-10-3-1-2-4-12(10)14(17-13)16-8-11-9-20-5-6-21-11/h1-4,7,11H,5-6,8-9H2,(H,16,17)(H,18,19). The third-order valence-corrected chi connectivity index (χ3v) is 6.19. The number of aromatic carboxylic acids is 1. The zero-order chi connectivity index (χ0) is 14.7. The molecule has 1 unspecified atom stereocenters. The number of anilines is 1. The maximum absolute atomic E-state index is 11.2. The average Bonchev–Trinajstić information content (AvgIpc) is 2.53. The van der Waals surface area contributed by atoms with Crippen molar-refractivity contribution in [3.63, 3.8) is 0 Å². The molecule has 2 heterocycles. The minimum Gasteiger partial charge on any atom is -0.477 e. The summed E-state index contributed by atoms with van der Waals surface area (Å²) < 4.78 is 0. The molecule has 0 saturated carbocycles. The topological polar surface area (TPSA) is 62.2 Å². The number of rotatable bonds is 4. The second kappa shape index (κ2) is 6.58. The van der Waals surface area contributed by atoms with Crippen LogP contribution in [0.2, 0.25) is 0 Å². The molecule has 21 heavy (non-hydrogen) atoms. The molecule has 0 bridgehead atoms. The second-order valence-electron chi connectivity index (χ2n) is 4.83. The Labute approximate surface area is 131 Å². The molecule has 1 aliphatic rings. The van der Waals surface area contributed by atoms with Gasteiger partial charge in [0.25, 0.3) is 0 Å². The molecular formula is C15H16N2O2S2. The maximum atomic E-state index is 11.2. The summed E-state index contributed by atoms with van der Waals surface area (Å²) in [5.41, 5.74) is 0.0851. The zero-order valence-corrected chi connectivity index (χ0v) is 13.0. The molecule has 2 N–H and O–H groups in total. The van der Waals surface area contributed by atoms with E-state index in [0.29, 0.717) is 11.1 Å². The molecule has 1 aromatic heterocycles. The van der Waals surface area contributed by atoms with Gasteiger partial charge in [-0.05, 0) is 11.5 Å². The first-order valence-corrected chi connectivity index (χ1v) is 9.00. The summed E-state index contributed by atoms with van der Waals surface area (Å²) in [6.45, 7) is 0.817. The smallest absolute Gasteiger partial charge is 0.354 e. The van der Waals surface area contributed by atoms with Gasteiger partial charge in [0.1, 0.15) is 5.82 Å². The molecule has 1 fully saturated rings. The van der Waals surface area contributed by atoms with Crippen LogP contribution in [0, 0.1) is 0 Å². The quantitative estimate of drug-likeness (QED) is 0.902. The van der Waals surface area contributed by atoms with Gasteiger partial charge in [-0.3, -0.25) is 0 Å². The highest BCUT2D eigenvalue weighted by Gasteiger charge is 2.16. The number of nitrogens with one attached hydrogen (secondary N) is 1. The van der Waals surface area contributed by atoms with E-state index in [-0.39, 0.29) is 5.69 Å². The van der Waals surface area contributed by atoms with Gasteiger partial charge in [-0.15, -0.1) is 0 Å². The number of pyridine rings is 1. The van der Waals surface area contributed by atoms with Crippen molar-refractivity contribution in [3.05, 3.63) is 36.0 Å². The summed E-state index contributed by atoms with van der Waals surface area (Å²) >= 11 is 3.95. The summed E-state index contributed by atoms with van der Waals surface area (Å²) in [4.78, 5) is 15.5. The first-order chi connectivity index (χ1) is 10.2. The lowest BCUT2D eigenvalue weighted by molar-refractivity contribution is 0.0691. The van der Waals surface area contributed by atoms with E-state index in [1.807, 2.05) is 47.8 Å². The minimum atomic E-state index is -0.994. The van der Waals surface area contributed by atoms with Gasteiger partial charge in [-0.25, -0.2) is 9.78 Å². The van der Waals surface area contributed by atoms with E-state index >= 15 is 0 Å². The first-order valence-electron chi connectivity index (χ1n) is 6.80. The summed E-state index contributed by atoms with van der Waals surface area (Å²) in [6.07, 6.45) is 0. The van der Waals surface area contributed by atoms with Crippen molar-refractivity contribution in [1.82, 2.24) is 4.98 Å². The number of fused-ring (bicyclic) bond motifs is 1. The number of aromatic nitrogens is 1. The second-order valence-corrected chi connectivity index (χ2v) is 7.39. The first kappa shape index (κ1) is 14.5. The molecule has 0 amide bonds. The fourth-order valence-electron chi connectivity index (χ4n) is 2.31. The van der Waals surface area contributed by atoms with Gasteiger partial charge < -0.3 is 10.4 Å². The highest BCUT2D eigenvalue weighted by Crippen LogP contribution is 2.26. The SMILES string of the molecule is O=C(O)c1cc2ccccc2c(NCC2CSCCS2)n1. The van der Waals surface area contributed by atoms with Gasteiger partial charge >= 0.3 is 5.97 Å². The van der Waals surface area contributed by atoms with Gasteiger partial charge in [0, 0.05) is 34.4 Å².